The summed E-state index contributed by atoms with van der Waals surface area (Å²) in [6, 6.07) is 8.75. The molecule has 1 saturated carbocycles. The highest BCUT2D eigenvalue weighted by atomic mass is 16.7. The van der Waals surface area contributed by atoms with Crippen molar-refractivity contribution in [1.29, 1.82) is 0 Å². The molecule has 1 unspecified atom stereocenters. The van der Waals surface area contributed by atoms with Crippen LogP contribution in [-0.4, -0.2) is 13.2 Å². The van der Waals surface area contributed by atoms with E-state index in [-0.39, 0.29) is 6.29 Å². The molecule has 0 spiro atoms. The third-order valence-corrected chi connectivity index (χ3v) is 5.39. The van der Waals surface area contributed by atoms with Crippen LogP contribution in [0, 0.1) is 11.8 Å². The van der Waals surface area contributed by atoms with E-state index in [1.54, 1.807) is 0 Å². The van der Waals surface area contributed by atoms with E-state index < -0.39 is 0 Å². The van der Waals surface area contributed by atoms with E-state index in [9.17, 15) is 0 Å². The lowest BCUT2D eigenvalue weighted by atomic mass is 9.75. The van der Waals surface area contributed by atoms with Crippen molar-refractivity contribution in [2.24, 2.45) is 11.8 Å². The summed E-state index contributed by atoms with van der Waals surface area (Å²) in [5.41, 5.74) is 2.70. The molecule has 1 aromatic carbocycles. The van der Waals surface area contributed by atoms with Crippen LogP contribution in [0.1, 0.15) is 69.3 Å². The first-order chi connectivity index (χ1) is 10.9. The maximum absolute atomic E-state index is 5.74. The molecule has 1 aromatic rings. The summed E-state index contributed by atoms with van der Waals surface area (Å²) >= 11 is 0. The Balaban J connectivity index is 1.74. The van der Waals surface area contributed by atoms with Crippen LogP contribution in [0.4, 0.5) is 0 Å². The van der Waals surface area contributed by atoms with Crippen molar-refractivity contribution in [1.82, 2.24) is 0 Å². The molecule has 2 aliphatic rings. The van der Waals surface area contributed by atoms with E-state index in [4.69, 9.17) is 9.47 Å². The van der Waals surface area contributed by atoms with Gasteiger partial charge in [-0.1, -0.05) is 76.1 Å². The minimum atomic E-state index is -0.134. The van der Waals surface area contributed by atoms with Crippen LogP contribution < -0.4 is 0 Å². The molecule has 2 heteroatoms. The van der Waals surface area contributed by atoms with Crippen molar-refractivity contribution in [3.8, 4) is 0 Å². The lowest BCUT2D eigenvalue weighted by Crippen LogP contribution is -2.21. The van der Waals surface area contributed by atoms with Gasteiger partial charge in [0, 0.05) is 5.56 Å². The molecule has 2 nitrogen and oxygen atoms in total. The summed E-state index contributed by atoms with van der Waals surface area (Å²) in [6.45, 7) is 3.77. The number of hydrogen-bond acceptors (Lipinski definition) is 2. The monoisotopic (exact) mass is 302 g/mol. The first-order valence-electron chi connectivity index (χ1n) is 9.19. The van der Waals surface area contributed by atoms with Crippen LogP contribution in [0.2, 0.25) is 0 Å². The van der Waals surface area contributed by atoms with Gasteiger partial charge in [0.1, 0.15) is 0 Å². The van der Waals surface area contributed by atoms with Crippen molar-refractivity contribution >= 4 is 0 Å². The van der Waals surface area contributed by atoms with Crippen LogP contribution in [0.15, 0.2) is 24.3 Å². The number of ether oxygens (including phenoxy) is 2. The summed E-state index contributed by atoms with van der Waals surface area (Å²) in [7, 11) is 0. The van der Waals surface area contributed by atoms with Gasteiger partial charge in [-0.2, -0.15) is 0 Å². The Morgan fingerprint density at radius 3 is 2.50 bits per heavy atom. The van der Waals surface area contributed by atoms with Gasteiger partial charge in [-0.15, -0.1) is 0 Å². The Kier molecular flexibility index (Phi) is 5.91. The minimum absolute atomic E-state index is 0.134. The Morgan fingerprint density at radius 1 is 1.05 bits per heavy atom. The molecule has 1 saturated heterocycles. The first-order valence-corrected chi connectivity index (χ1v) is 9.19. The second kappa shape index (κ2) is 8.12. The van der Waals surface area contributed by atoms with Crippen LogP contribution in [0.5, 0.6) is 0 Å². The molecular weight excluding hydrogens is 272 g/mol. The topological polar surface area (TPSA) is 18.5 Å². The van der Waals surface area contributed by atoms with E-state index in [0.29, 0.717) is 0 Å². The Hall–Kier alpha value is -0.860. The average molecular weight is 302 g/mol. The van der Waals surface area contributed by atoms with Crippen molar-refractivity contribution in [2.45, 2.75) is 64.6 Å². The van der Waals surface area contributed by atoms with Crippen LogP contribution in [-0.2, 0) is 15.9 Å². The molecule has 0 N–H and O–H groups in total. The van der Waals surface area contributed by atoms with Crippen LogP contribution in [0.3, 0.4) is 0 Å². The molecule has 3 rings (SSSR count). The molecule has 122 valence electrons. The number of hydrogen-bond donors (Lipinski definition) is 0. The third-order valence-electron chi connectivity index (χ3n) is 5.39. The lowest BCUT2D eigenvalue weighted by molar-refractivity contribution is -0.0448. The minimum Gasteiger partial charge on any atom is -0.346 e. The van der Waals surface area contributed by atoms with Gasteiger partial charge in [0.25, 0.3) is 0 Å². The smallest absolute Gasteiger partial charge is 0.184 e. The van der Waals surface area contributed by atoms with Crippen molar-refractivity contribution in [3.63, 3.8) is 0 Å². The normalized spacial score (nSPS) is 22.0. The molecular formula is C20H30O2. The zero-order chi connectivity index (χ0) is 15.2. The second-order valence-corrected chi connectivity index (χ2v) is 6.92. The SMILES string of the molecule is CCCC(Cc1ccccc1C1OCCO1)C1CCCCC1. The summed E-state index contributed by atoms with van der Waals surface area (Å²) in [4.78, 5) is 0. The third kappa shape index (κ3) is 3.91. The fraction of sp³-hybridized carbons (Fsp3) is 0.700. The van der Waals surface area contributed by atoms with Gasteiger partial charge in [0.15, 0.2) is 6.29 Å². The van der Waals surface area contributed by atoms with E-state index in [1.165, 1.54) is 62.5 Å². The summed E-state index contributed by atoms with van der Waals surface area (Å²) in [5.74, 6) is 1.75. The van der Waals surface area contributed by atoms with Gasteiger partial charge in [0.2, 0.25) is 0 Å². The maximum atomic E-state index is 5.74. The summed E-state index contributed by atoms with van der Waals surface area (Å²) < 4.78 is 11.5. The van der Waals surface area contributed by atoms with Crippen molar-refractivity contribution in [3.05, 3.63) is 35.4 Å². The molecule has 1 heterocycles. The van der Waals surface area contributed by atoms with E-state index >= 15 is 0 Å². The average Bonchev–Trinajstić information content (AvgIpc) is 3.10. The maximum Gasteiger partial charge on any atom is 0.184 e. The van der Waals surface area contributed by atoms with Gasteiger partial charge in [-0.05, 0) is 23.8 Å². The fourth-order valence-corrected chi connectivity index (χ4v) is 4.25. The van der Waals surface area contributed by atoms with E-state index in [2.05, 4.69) is 31.2 Å². The molecule has 0 radical (unpaired) electrons. The van der Waals surface area contributed by atoms with Gasteiger partial charge >= 0.3 is 0 Å². The highest BCUT2D eigenvalue weighted by Crippen LogP contribution is 2.36. The van der Waals surface area contributed by atoms with Gasteiger partial charge in [-0.3, -0.25) is 0 Å². The number of benzene rings is 1. The molecule has 0 amide bonds. The lowest BCUT2D eigenvalue weighted by Gasteiger charge is -2.31. The molecule has 0 bridgehead atoms. The number of rotatable bonds is 6. The van der Waals surface area contributed by atoms with Crippen LogP contribution in [0.25, 0.3) is 0 Å². The molecule has 1 atom stereocenters. The Morgan fingerprint density at radius 2 is 1.77 bits per heavy atom. The molecule has 2 fully saturated rings. The highest BCUT2D eigenvalue weighted by molar-refractivity contribution is 5.29. The molecule has 0 aromatic heterocycles. The van der Waals surface area contributed by atoms with Crippen molar-refractivity contribution in [2.75, 3.05) is 13.2 Å². The predicted octanol–water partition coefficient (Wildman–Crippen LogP) is 5.27. The zero-order valence-electron chi connectivity index (χ0n) is 13.9. The van der Waals surface area contributed by atoms with Gasteiger partial charge < -0.3 is 9.47 Å². The van der Waals surface area contributed by atoms with Gasteiger partial charge in [-0.25, -0.2) is 0 Å². The largest absolute Gasteiger partial charge is 0.346 e. The van der Waals surface area contributed by atoms with E-state index in [1.807, 2.05) is 0 Å². The van der Waals surface area contributed by atoms with E-state index in [0.717, 1.165) is 25.0 Å². The zero-order valence-corrected chi connectivity index (χ0v) is 13.9. The highest BCUT2D eigenvalue weighted by Gasteiger charge is 2.26. The molecule has 1 aliphatic carbocycles. The van der Waals surface area contributed by atoms with Crippen LogP contribution >= 0.6 is 0 Å². The fourth-order valence-electron chi connectivity index (χ4n) is 4.25. The summed E-state index contributed by atoms with van der Waals surface area (Å²) in [6.07, 6.45) is 10.9. The molecule has 22 heavy (non-hydrogen) atoms. The predicted molar refractivity (Wildman–Crippen MR) is 89.8 cm³/mol. The first kappa shape index (κ1) is 16.0. The van der Waals surface area contributed by atoms with Crippen molar-refractivity contribution < 1.29 is 9.47 Å². The quantitative estimate of drug-likeness (QED) is 0.712. The Bertz CT molecular complexity index is 445. The molecule has 1 aliphatic heterocycles. The Labute approximate surface area is 135 Å². The standard InChI is InChI=1S/C20H30O2/c1-2-8-17(16-9-4-3-5-10-16)15-18-11-6-7-12-19(18)20-21-13-14-22-20/h6-7,11-12,16-17,20H,2-5,8-10,13-15H2,1H3. The second-order valence-electron chi connectivity index (χ2n) is 6.92. The van der Waals surface area contributed by atoms with Gasteiger partial charge in [0.05, 0.1) is 13.2 Å². The summed E-state index contributed by atoms with van der Waals surface area (Å²) in [5, 5.41) is 0.